The lowest BCUT2D eigenvalue weighted by molar-refractivity contribution is 0.0941. The van der Waals surface area contributed by atoms with Crippen LogP contribution in [-0.2, 0) is 0 Å². The highest BCUT2D eigenvalue weighted by molar-refractivity contribution is 5.94. The fourth-order valence-electron chi connectivity index (χ4n) is 3.16. The number of aromatic nitrogens is 5. The Balaban J connectivity index is 1.65. The Morgan fingerprint density at radius 1 is 0.970 bits per heavy atom. The Kier molecular flexibility index (Phi) is 6.35. The van der Waals surface area contributed by atoms with Gasteiger partial charge in [-0.3, -0.25) is 9.59 Å². The summed E-state index contributed by atoms with van der Waals surface area (Å²) in [6, 6.07) is 13.5. The van der Waals surface area contributed by atoms with Crippen LogP contribution in [-0.4, -0.2) is 45.3 Å². The van der Waals surface area contributed by atoms with Crippen molar-refractivity contribution in [1.29, 1.82) is 0 Å². The minimum Gasteiger partial charge on any atom is -0.497 e. The van der Waals surface area contributed by atoms with Crippen LogP contribution in [0.25, 0.3) is 11.5 Å². The second-order valence-electron chi connectivity index (χ2n) is 6.90. The van der Waals surface area contributed by atoms with Crippen molar-refractivity contribution in [3.05, 3.63) is 94.2 Å². The number of methoxy groups -OCH3 is 2. The Hall–Kier alpha value is -4.60. The van der Waals surface area contributed by atoms with Crippen LogP contribution in [0, 0.1) is 0 Å². The number of nitrogens with one attached hydrogen (secondary N) is 2. The zero-order valence-electron chi connectivity index (χ0n) is 17.9. The van der Waals surface area contributed by atoms with Gasteiger partial charge in [0.2, 0.25) is 5.88 Å². The van der Waals surface area contributed by atoms with Crippen LogP contribution in [0.3, 0.4) is 0 Å². The topological polar surface area (TPSA) is 132 Å². The van der Waals surface area contributed by atoms with E-state index in [0.29, 0.717) is 22.9 Å². The van der Waals surface area contributed by atoms with Crippen molar-refractivity contribution in [2.45, 2.75) is 6.04 Å². The van der Waals surface area contributed by atoms with Gasteiger partial charge >= 0.3 is 0 Å². The minimum absolute atomic E-state index is 0.136. The molecule has 166 valence electrons. The molecule has 2 N–H and O–H groups in total. The predicted molar refractivity (Wildman–Crippen MR) is 119 cm³/mol. The first-order valence-corrected chi connectivity index (χ1v) is 9.91. The first-order chi connectivity index (χ1) is 16.1. The van der Waals surface area contributed by atoms with E-state index >= 15 is 0 Å². The molecule has 3 heterocycles. The SMILES string of the molecule is COc1ccc(C(NC(=O)c2cnc(-c3cccnn3)[nH]c2=O)c2ccc(OC)nc2)cc1. The molecule has 0 saturated heterocycles. The van der Waals surface area contributed by atoms with Gasteiger partial charge in [0.1, 0.15) is 17.0 Å². The molecule has 10 heteroatoms. The Morgan fingerprint density at radius 3 is 2.36 bits per heavy atom. The lowest BCUT2D eigenvalue weighted by Gasteiger charge is -2.20. The zero-order valence-corrected chi connectivity index (χ0v) is 17.9. The van der Waals surface area contributed by atoms with Gasteiger partial charge in [0.05, 0.1) is 20.3 Å². The third kappa shape index (κ3) is 4.85. The normalized spacial score (nSPS) is 11.5. The van der Waals surface area contributed by atoms with Crippen LogP contribution in [0.5, 0.6) is 11.6 Å². The molecule has 0 aliphatic rings. The van der Waals surface area contributed by atoms with Crippen molar-refractivity contribution >= 4 is 5.91 Å². The second-order valence-corrected chi connectivity index (χ2v) is 6.90. The zero-order chi connectivity index (χ0) is 23.2. The summed E-state index contributed by atoms with van der Waals surface area (Å²) in [5, 5.41) is 10.6. The van der Waals surface area contributed by atoms with Gasteiger partial charge in [0, 0.05) is 24.7 Å². The predicted octanol–water partition coefficient (Wildman–Crippen LogP) is 2.16. The van der Waals surface area contributed by atoms with E-state index in [1.54, 1.807) is 49.7 Å². The average molecular weight is 444 g/mol. The number of rotatable bonds is 7. The lowest BCUT2D eigenvalue weighted by atomic mass is 9.99. The summed E-state index contributed by atoms with van der Waals surface area (Å²) < 4.78 is 10.3. The number of pyridine rings is 1. The molecule has 0 aliphatic heterocycles. The molecule has 1 amide bonds. The fourth-order valence-corrected chi connectivity index (χ4v) is 3.16. The largest absolute Gasteiger partial charge is 0.497 e. The monoisotopic (exact) mass is 444 g/mol. The summed E-state index contributed by atoms with van der Waals surface area (Å²) in [4.78, 5) is 36.6. The molecule has 0 fully saturated rings. The highest BCUT2D eigenvalue weighted by Gasteiger charge is 2.21. The van der Waals surface area contributed by atoms with E-state index in [2.05, 4.69) is 30.5 Å². The van der Waals surface area contributed by atoms with E-state index in [-0.39, 0.29) is 11.4 Å². The molecule has 1 unspecified atom stereocenters. The Bertz CT molecular complexity index is 1240. The quantitative estimate of drug-likeness (QED) is 0.443. The van der Waals surface area contributed by atoms with E-state index < -0.39 is 17.5 Å². The Morgan fingerprint density at radius 2 is 1.76 bits per heavy atom. The molecule has 3 aromatic heterocycles. The fraction of sp³-hybridized carbons (Fsp3) is 0.130. The molecule has 0 radical (unpaired) electrons. The highest BCUT2D eigenvalue weighted by atomic mass is 16.5. The summed E-state index contributed by atoms with van der Waals surface area (Å²) in [5.74, 6) is 0.748. The first kappa shape index (κ1) is 21.6. The van der Waals surface area contributed by atoms with Crippen molar-refractivity contribution in [3.8, 4) is 23.1 Å². The van der Waals surface area contributed by atoms with Gasteiger partial charge in [0.25, 0.3) is 11.5 Å². The molecule has 33 heavy (non-hydrogen) atoms. The molecule has 10 nitrogen and oxygen atoms in total. The molecule has 0 aliphatic carbocycles. The Labute approximate surface area is 188 Å². The molecule has 1 atom stereocenters. The summed E-state index contributed by atoms with van der Waals surface area (Å²) in [6.07, 6.45) is 4.33. The molecule has 4 rings (SSSR count). The molecule has 4 aromatic rings. The van der Waals surface area contributed by atoms with E-state index in [9.17, 15) is 9.59 Å². The maximum atomic E-state index is 13.0. The van der Waals surface area contributed by atoms with Crippen LogP contribution in [0.4, 0.5) is 0 Å². The molecule has 0 spiro atoms. The molecule has 1 aromatic carbocycles. The van der Waals surface area contributed by atoms with Gasteiger partial charge in [-0.15, -0.1) is 5.10 Å². The van der Waals surface area contributed by atoms with Crippen molar-refractivity contribution < 1.29 is 14.3 Å². The van der Waals surface area contributed by atoms with E-state index in [1.807, 2.05) is 12.1 Å². The summed E-state index contributed by atoms with van der Waals surface area (Å²) in [6.45, 7) is 0. The van der Waals surface area contributed by atoms with Gasteiger partial charge in [-0.1, -0.05) is 12.1 Å². The van der Waals surface area contributed by atoms with Crippen LogP contribution >= 0.6 is 0 Å². The summed E-state index contributed by atoms with van der Waals surface area (Å²) in [7, 11) is 3.10. The van der Waals surface area contributed by atoms with Gasteiger partial charge in [0.15, 0.2) is 5.82 Å². The number of hydrogen-bond donors (Lipinski definition) is 2. The summed E-state index contributed by atoms with van der Waals surface area (Å²) >= 11 is 0. The van der Waals surface area contributed by atoms with Gasteiger partial charge in [-0.2, -0.15) is 5.10 Å². The maximum Gasteiger partial charge on any atom is 0.264 e. The molecular formula is C23H20N6O4. The number of aromatic amines is 1. The third-order valence-corrected chi connectivity index (χ3v) is 4.89. The smallest absolute Gasteiger partial charge is 0.264 e. The molecular weight excluding hydrogens is 424 g/mol. The first-order valence-electron chi connectivity index (χ1n) is 9.91. The van der Waals surface area contributed by atoms with Crippen LogP contribution < -0.4 is 20.3 Å². The average Bonchev–Trinajstić information content (AvgIpc) is 2.88. The number of amides is 1. The van der Waals surface area contributed by atoms with Crippen LogP contribution in [0.15, 0.2) is 71.9 Å². The lowest BCUT2D eigenvalue weighted by Crippen LogP contribution is -2.33. The van der Waals surface area contributed by atoms with Crippen molar-refractivity contribution in [1.82, 2.24) is 30.5 Å². The second kappa shape index (κ2) is 9.69. The number of carbonyl (C=O) groups excluding carboxylic acids is 1. The van der Waals surface area contributed by atoms with E-state index in [4.69, 9.17) is 9.47 Å². The van der Waals surface area contributed by atoms with Gasteiger partial charge in [-0.25, -0.2) is 9.97 Å². The number of ether oxygens (including phenoxy) is 2. The number of H-pyrrole nitrogens is 1. The molecule has 0 bridgehead atoms. The number of carbonyl (C=O) groups is 1. The highest BCUT2D eigenvalue weighted by Crippen LogP contribution is 2.25. The maximum absolute atomic E-state index is 13.0. The van der Waals surface area contributed by atoms with Crippen molar-refractivity contribution in [3.63, 3.8) is 0 Å². The number of nitrogens with zero attached hydrogens (tertiary/aromatic N) is 4. The van der Waals surface area contributed by atoms with E-state index in [0.717, 1.165) is 5.56 Å². The summed E-state index contributed by atoms with van der Waals surface area (Å²) in [5.41, 5.74) is 1.14. The van der Waals surface area contributed by atoms with Crippen LogP contribution in [0.1, 0.15) is 27.5 Å². The van der Waals surface area contributed by atoms with Crippen molar-refractivity contribution in [2.24, 2.45) is 0 Å². The third-order valence-electron chi connectivity index (χ3n) is 4.89. The number of benzene rings is 1. The number of hydrogen-bond acceptors (Lipinski definition) is 8. The van der Waals surface area contributed by atoms with Crippen LogP contribution in [0.2, 0.25) is 0 Å². The van der Waals surface area contributed by atoms with Crippen molar-refractivity contribution in [2.75, 3.05) is 14.2 Å². The molecule has 0 saturated carbocycles. The van der Waals surface area contributed by atoms with E-state index in [1.165, 1.54) is 19.5 Å². The van der Waals surface area contributed by atoms with Gasteiger partial charge < -0.3 is 19.8 Å². The minimum atomic E-state index is -0.593. The van der Waals surface area contributed by atoms with Gasteiger partial charge in [-0.05, 0) is 41.5 Å². The standard InChI is InChI=1S/C23H20N6O4/c1-32-16-8-5-14(6-9-16)20(15-7-10-19(33-2)24-12-15)27-22(30)17-13-25-21(28-23(17)31)18-4-3-11-26-29-18/h3-13,20H,1-2H3,(H,27,30)(H,25,28,31).